The highest BCUT2D eigenvalue weighted by molar-refractivity contribution is 7.92. The molecular weight excluding hydrogens is 416 g/mol. The van der Waals surface area contributed by atoms with Crippen LogP contribution in [0.4, 0.5) is 5.69 Å². The van der Waals surface area contributed by atoms with E-state index in [0.29, 0.717) is 17.1 Å². The van der Waals surface area contributed by atoms with Crippen LogP contribution in [0.25, 0.3) is 0 Å². The molecule has 3 heterocycles. The maximum atomic E-state index is 13.1. The van der Waals surface area contributed by atoms with Gasteiger partial charge in [0, 0.05) is 30.8 Å². The standard InChI is InChI=1S/C22H30N4O4S/c1-15-12-18(14-23-21(15)30-17-6-4-5-7-17)31(27,28)25-20-13-16-8-10-26(2)11-9-19(16)24-22(20)29-3/h12-14,17,25H,4-11H2,1-3H3. The van der Waals surface area contributed by atoms with Gasteiger partial charge in [-0.3, -0.25) is 4.72 Å². The van der Waals surface area contributed by atoms with E-state index in [0.717, 1.165) is 62.9 Å². The zero-order valence-corrected chi connectivity index (χ0v) is 19.2. The van der Waals surface area contributed by atoms with Crippen molar-refractivity contribution in [2.75, 3.05) is 32.0 Å². The van der Waals surface area contributed by atoms with Gasteiger partial charge in [-0.05, 0) is 63.8 Å². The average Bonchev–Trinajstić information content (AvgIpc) is 3.18. The first-order valence-electron chi connectivity index (χ1n) is 10.8. The molecule has 0 unspecified atom stereocenters. The second-order valence-electron chi connectivity index (χ2n) is 8.38. The lowest BCUT2D eigenvalue weighted by Crippen LogP contribution is -2.20. The van der Waals surface area contributed by atoms with Crippen molar-refractivity contribution in [1.82, 2.24) is 14.9 Å². The molecule has 1 N–H and O–H groups in total. The first-order chi connectivity index (χ1) is 14.9. The highest BCUT2D eigenvalue weighted by atomic mass is 32.2. The molecule has 0 bridgehead atoms. The van der Waals surface area contributed by atoms with E-state index < -0.39 is 10.0 Å². The number of sulfonamides is 1. The maximum absolute atomic E-state index is 13.1. The molecule has 168 valence electrons. The molecule has 0 amide bonds. The van der Waals surface area contributed by atoms with E-state index in [1.54, 1.807) is 6.07 Å². The molecular formula is C22H30N4O4S. The number of nitrogens with zero attached hydrogens (tertiary/aromatic N) is 3. The lowest BCUT2D eigenvalue weighted by molar-refractivity contribution is 0.199. The Morgan fingerprint density at radius 3 is 2.58 bits per heavy atom. The minimum Gasteiger partial charge on any atom is -0.479 e. The van der Waals surface area contributed by atoms with Gasteiger partial charge < -0.3 is 14.4 Å². The number of anilines is 1. The van der Waals surface area contributed by atoms with Crippen molar-refractivity contribution in [3.05, 3.63) is 35.2 Å². The van der Waals surface area contributed by atoms with Crippen LogP contribution in [-0.2, 0) is 22.9 Å². The van der Waals surface area contributed by atoms with Crippen LogP contribution in [-0.4, -0.2) is 56.6 Å². The van der Waals surface area contributed by atoms with Gasteiger partial charge in [-0.15, -0.1) is 0 Å². The van der Waals surface area contributed by atoms with Crippen molar-refractivity contribution in [1.29, 1.82) is 0 Å². The Kier molecular flexibility index (Phi) is 6.34. The number of fused-ring (bicyclic) bond motifs is 1. The minimum atomic E-state index is -3.86. The first-order valence-corrected chi connectivity index (χ1v) is 12.3. The number of pyridine rings is 2. The third kappa shape index (κ3) is 4.93. The fourth-order valence-corrected chi connectivity index (χ4v) is 5.21. The lowest BCUT2D eigenvalue weighted by Gasteiger charge is -2.16. The molecule has 2 aromatic heterocycles. The van der Waals surface area contributed by atoms with Crippen LogP contribution < -0.4 is 14.2 Å². The van der Waals surface area contributed by atoms with E-state index in [-0.39, 0.29) is 16.9 Å². The van der Waals surface area contributed by atoms with Crippen molar-refractivity contribution in [3.63, 3.8) is 0 Å². The number of nitrogens with one attached hydrogen (secondary N) is 1. The van der Waals surface area contributed by atoms with Crippen LogP contribution in [0, 0.1) is 6.92 Å². The van der Waals surface area contributed by atoms with E-state index in [9.17, 15) is 8.42 Å². The van der Waals surface area contributed by atoms with Crippen LogP contribution in [0.5, 0.6) is 11.8 Å². The predicted molar refractivity (Wildman–Crippen MR) is 118 cm³/mol. The second kappa shape index (κ2) is 9.00. The summed E-state index contributed by atoms with van der Waals surface area (Å²) in [6, 6.07) is 3.44. The number of aromatic nitrogens is 2. The van der Waals surface area contributed by atoms with Crippen molar-refractivity contribution >= 4 is 15.7 Å². The fraction of sp³-hybridized carbons (Fsp3) is 0.545. The summed E-state index contributed by atoms with van der Waals surface area (Å²) < 4.78 is 40.2. The minimum absolute atomic E-state index is 0.0838. The van der Waals surface area contributed by atoms with Gasteiger partial charge >= 0.3 is 0 Å². The van der Waals surface area contributed by atoms with E-state index in [1.807, 2.05) is 13.0 Å². The molecule has 2 aromatic rings. The summed E-state index contributed by atoms with van der Waals surface area (Å²) >= 11 is 0. The van der Waals surface area contributed by atoms with Crippen LogP contribution in [0.15, 0.2) is 23.2 Å². The molecule has 0 saturated heterocycles. The zero-order chi connectivity index (χ0) is 22.0. The van der Waals surface area contributed by atoms with Crippen molar-refractivity contribution in [2.45, 2.75) is 56.4 Å². The van der Waals surface area contributed by atoms with Gasteiger partial charge in [0.05, 0.1) is 13.3 Å². The molecule has 8 nitrogen and oxygen atoms in total. The Morgan fingerprint density at radius 2 is 1.87 bits per heavy atom. The topological polar surface area (TPSA) is 93.6 Å². The number of hydrogen-bond donors (Lipinski definition) is 1. The number of aryl methyl sites for hydroxylation is 1. The van der Waals surface area contributed by atoms with Gasteiger partial charge in [0.2, 0.25) is 11.8 Å². The summed E-state index contributed by atoms with van der Waals surface area (Å²) in [5, 5.41) is 0. The third-order valence-corrected chi connectivity index (χ3v) is 7.32. The quantitative estimate of drug-likeness (QED) is 0.729. The van der Waals surface area contributed by atoms with E-state index >= 15 is 0 Å². The summed E-state index contributed by atoms with van der Waals surface area (Å²) in [6.07, 6.45) is 7.48. The molecule has 0 spiro atoms. The van der Waals surface area contributed by atoms with Crippen molar-refractivity contribution in [3.8, 4) is 11.8 Å². The molecule has 4 rings (SSSR count). The van der Waals surface area contributed by atoms with Gasteiger partial charge in [0.25, 0.3) is 10.0 Å². The monoisotopic (exact) mass is 446 g/mol. The van der Waals surface area contributed by atoms with Gasteiger partial charge in [-0.2, -0.15) is 0 Å². The number of methoxy groups -OCH3 is 1. The maximum Gasteiger partial charge on any atom is 0.263 e. The van der Waals surface area contributed by atoms with Crippen molar-refractivity contribution in [2.24, 2.45) is 0 Å². The van der Waals surface area contributed by atoms with Crippen LogP contribution in [0.2, 0.25) is 0 Å². The summed E-state index contributed by atoms with van der Waals surface area (Å²) in [5.41, 5.74) is 3.03. The molecule has 0 aromatic carbocycles. The van der Waals surface area contributed by atoms with Crippen LogP contribution in [0.3, 0.4) is 0 Å². The van der Waals surface area contributed by atoms with Gasteiger partial charge in [0.15, 0.2) is 0 Å². The highest BCUT2D eigenvalue weighted by Crippen LogP contribution is 2.30. The molecule has 9 heteroatoms. The van der Waals surface area contributed by atoms with E-state index in [1.165, 1.54) is 13.3 Å². The largest absolute Gasteiger partial charge is 0.479 e. The first kappa shape index (κ1) is 21.8. The number of ether oxygens (including phenoxy) is 2. The van der Waals surface area contributed by atoms with Crippen molar-refractivity contribution < 1.29 is 17.9 Å². The Labute approximate surface area is 184 Å². The molecule has 1 fully saturated rings. The Hall–Kier alpha value is -2.39. The van der Waals surface area contributed by atoms with E-state index in [2.05, 4.69) is 26.6 Å². The summed E-state index contributed by atoms with van der Waals surface area (Å²) in [4.78, 5) is 11.2. The molecule has 1 aliphatic carbocycles. The average molecular weight is 447 g/mol. The third-order valence-electron chi connectivity index (χ3n) is 5.98. The molecule has 1 saturated carbocycles. The Balaban J connectivity index is 1.57. The molecule has 31 heavy (non-hydrogen) atoms. The smallest absolute Gasteiger partial charge is 0.263 e. The molecule has 0 radical (unpaired) electrons. The highest BCUT2D eigenvalue weighted by Gasteiger charge is 2.23. The number of hydrogen-bond acceptors (Lipinski definition) is 7. The molecule has 1 aliphatic heterocycles. The zero-order valence-electron chi connectivity index (χ0n) is 18.3. The SMILES string of the molecule is COc1nc2c(cc1NS(=O)(=O)c1cnc(OC3CCCC3)c(C)c1)CCN(C)CC2. The summed E-state index contributed by atoms with van der Waals surface area (Å²) in [6.45, 7) is 3.63. The van der Waals surface area contributed by atoms with Crippen LogP contribution in [0.1, 0.15) is 42.5 Å². The second-order valence-corrected chi connectivity index (χ2v) is 10.1. The van der Waals surface area contributed by atoms with Gasteiger partial charge in [-0.1, -0.05) is 0 Å². The van der Waals surface area contributed by atoms with Crippen LogP contribution >= 0.6 is 0 Å². The summed E-state index contributed by atoms with van der Waals surface area (Å²) in [5.74, 6) is 0.775. The number of likely N-dealkylation sites (N-methyl/N-ethyl adjacent to an activating group) is 1. The Morgan fingerprint density at radius 1 is 1.13 bits per heavy atom. The normalized spacial score (nSPS) is 17.8. The van der Waals surface area contributed by atoms with E-state index in [4.69, 9.17) is 9.47 Å². The van der Waals surface area contributed by atoms with Gasteiger partial charge in [0.1, 0.15) is 16.7 Å². The summed E-state index contributed by atoms with van der Waals surface area (Å²) in [7, 11) is -0.290. The Bertz CT molecular complexity index is 1050. The molecule has 0 atom stereocenters. The molecule has 2 aliphatic rings. The number of rotatable bonds is 6. The fourth-order valence-electron chi connectivity index (χ4n) is 4.13. The predicted octanol–water partition coefficient (Wildman–Crippen LogP) is 2.95. The lowest BCUT2D eigenvalue weighted by atomic mass is 10.1. The van der Waals surface area contributed by atoms with Gasteiger partial charge in [-0.25, -0.2) is 18.4 Å².